The van der Waals surface area contributed by atoms with Crippen LogP contribution in [0.4, 0.5) is 0 Å². The van der Waals surface area contributed by atoms with Gasteiger partial charge in [0.25, 0.3) is 5.91 Å². The molecule has 1 amide bonds. The van der Waals surface area contributed by atoms with Crippen molar-refractivity contribution in [1.82, 2.24) is 19.7 Å². The highest BCUT2D eigenvalue weighted by Crippen LogP contribution is 2.33. The molecule has 0 aliphatic carbocycles. The Balaban J connectivity index is 1.62. The van der Waals surface area contributed by atoms with Crippen LogP contribution in [0.15, 0.2) is 57.8 Å². The third-order valence-corrected chi connectivity index (χ3v) is 6.29. The maximum atomic E-state index is 13.3. The third-order valence-electron chi connectivity index (χ3n) is 5.00. The van der Waals surface area contributed by atoms with Gasteiger partial charge in [-0.15, -0.1) is 22.0 Å². The first-order valence-electron chi connectivity index (χ1n) is 9.43. The lowest BCUT2D eigenvalue weighted by molar-refractivity contribution is 0.0750. The second-order valence-corrected chi connectivity index (χ2v) is 8.52. The molecule has 0 radical (unpaired) electrons. The zero-order valence-electron chi connectivity index (χ0n) is 16.9. The summed E-state index contributed by atoms with van der Waals surface area (Å²) in [5, 5.41) is 9.86. The van der Waals surface area contributed by atoms with Crippen LogP contribution in [0.2, 0.25) is 5.02 Å². The van der Waals surface area contributed by atoms with Crippen molar-refractivity contribution in [2.24, 2.45) is 7.05 Å². The molecular formula is C22H21ClN4O2S. The molecule has 8 heteroatoms. The van der Waals surface area contributed by atoms with Gasteiger partial charge >= 0.3 is 0 Å². The van der Waals surface area contributed by atoms with E-state index in [9.17, 15) is 4.79 Å². The van der Waals surface area contributed by atoms with Gasteiger partial charge in [-0.1, -0.05) is 29.8 Å². The van der Waals surface area contributed by atoms with Crippen LogP contribution >= 0.6 is 23.4 Å². The summed E-state index contributed by atoms with van der Waals surface area (Å²) in [4.78, 5) is 15.9. The van der Waals surface area contributed by atoms with Gasteiger partial charge in [0.05, 0.1) is 6.54 Å². The SMILES string of the molecule is Cc1nnc(CN(C)C(=O)c2oc3ccccc3c2CSc2ccc(Cl)cc2)n1C. The Kier molecular flexibility index (Phi) is 5.83. The molecule has 0 saturated heterocycles. The third kappa shape index (κ3) is 4.08. The number of hydrogen-bond acceptors (Lipinski definition) is 5. The Hall–Kier alpha value is -2.77. The first-order valence-corrected chi connectivity index (χ1v) is 10.8. The normalized spacial score (nSPS) is 11.2. The average Bonchev–Trinajstić information content (AvgIpc) is 3.27. The largest absolute Gasteiger partial charge is 0.451 e. The van der Waals surface area contributed by atoms with Crippen molar-refractivity contribution in [1.29, 1.82) is 0 Å². The van der Waals surface area contributed by atoms with E-state index < -0.39 is 0 Å². The fraction of sp³-hybridized carbons (Fsp3) is 0.227. The minimum absolute atomic E-state index is 0.182. The first kappa shape index (κ1) is 20.5. The molecule has 0 unspecified atom stereocenters. The van der Waals surface area contributed by atoms with Crippen LogP contribution in [0.1, 0.15) is 27.8 Å². The van der Waals surface area contributed by atoms with E-state index in [4.69, 9.17) is 16.0 Å². The number of furan rings is 1. The molecule has 4 aromatic rings. The standard InChI is InChI=1S/C22H21ClN4O2S/c1-14-24-25-20(27(14)3)12-26(2)22(28)21-18(17-6-4-5-7-19(17)29-21)13-30-16-10-8-15(23)9-11-16/h4-11H,12-13H2,1-3H3. The Morgan fingerprint density at radius 1 is 1.17 bits per heavy atom. The van der Waals surface area contributed by atoms with Gasteiger partial charge in [-0.2, -0.15) is 0 Å². The van der Waals surface area contributed by atoms with Crippen molar-refractivity contribution in [3.63, 3.8) is 0 Å². The summed E-state index contributed by atoms with van der Waals surface area (Å²) in [5.41, 5.74) is 1.59. The predicted octanol–water partition coefficient (Wildman–Crippen LogP) is 5.09. The van der Waals surface area contributed by atoms with Crippen LogP contribution in [-0.4, -0.2) is 32.6 Å². The Bertz CT molecular complexity index is 1200. The quantitative estimate of drug-likeness (QED) is 0.391. The van der Waals surface area contributed by atoms with Crippen molar-refractivity contribution >= 4 is 40.2 Å². The highest BCUT2D eigenvalue weighted by molar-refractivity contribution is 7.98. The minimum atomic E-state index is -0.182. The van der Waals surface area contributed by atoms with Gasteiger partial charge in [-0.3, -0.25) is 4.79 Å². The molecule has 0 fully saturated rings. The van der Waals surface area contributed by atoms with Crippen LogP contribution < -0.4 is 0 Å². The van der Waals surface area contributed by atoms with E-state index >= 15 is 0 Å². The smallest absolute Gasteiger partial charge is 0.290 e. The Morgan fingerprint density at radius 3 is 2.60 bits per heavy atom. The van der Waals surface area contributed by atoms with E-state index in [1.54, 1.807) is 23.7 Å². The van der Waals surface area contributed by atoms with Crippen LogP contribution in [0.5, 0.6) is 0 Å². The maximum Gasteiger partial charge on any atom is 0.290 e. The number of aromatic nitrogens is 3. The monoisotopic (exact) mass is 440 g/mol. The molecule has 0 bridgehead atoms. The fourth-order valence-electron chi connectivity index (χ4n) is 3.15. The number of carbonyl (C=O) groups is 1. The topological polar surface area (TPSA) is 64.2 Å². The molecule has 30 heavy (non-hydrogen) atoms. The van der Waals surface area contributed by atoms with E-state index in [0.29, 0.717) is 28.7 Å². The summed E-state index contributed by atoms with van der Waals surface area (Å²) in [6, 6.07) is 15.4. The number of amides is 1. The molecule has 2 aromatic carbocycles. The van der Waals surface area contributed by atoms with E-state index in [2.05, 4.69) is 10.2 Å². The molecular weight excluding hydrogens is 420 g/mol. The molecule has 0 atom stereocenters. The van der Waals surface area contributed by atoms with E-state index in [0.717, 1.165) is 27.5 Å². The number of fused-ring (bicyclic) bond motifs is 1. The number of hydrogen-bond donors (Lipinski definition) is 0. The van der Waals surface area contributed by atoms with Crippen LogP contribution in [-0.2, 0) is 19.3 Å². The van der Waals surface area contributed by atoms with Gasteiger partial charge < -0.3 is 13.9 Å². The van der Waals surface area contributed by atoms with E-state index in [1.165, 1.54) is 0 Å². The second-order valence-electron chi connectivity index (χ2n) is 7.03. The van der Waals surface area contributed by atoms with E-state index in [1.807, 2.05) is 67.1 Å². The summed E-state index contributed by atoms with van der Waals surface area (Å²) in [6.07, 6.45) is 0. The van der Waals surface area contributed by atoms with Crippen LogP contribution in [0.3, 0.4) is 0 Å². The Morgan fingerprint density at radius 2 is 1.90 bits per heavy atom. The van der Waals surface area contributed by atoms with Gasteiger partial charge in [-0.05, 0) is 37.3 Å². The number of benzene rings is 2. The summed E-state index contributed by atoms with van der Waals surface area (Å²) < 4.78 is 7.87. The average molecular weight is 441 g/mol. The number of aryl methyl sites for hydroxylation is 1. The highest BCUT2D eigenvalue weighted by Gasteiger charge is 2.24. The summed E-state index contributed by atoms with van der Waals surface area (Å²) in [6.45, 7) is 2.22. The van der Waals surface area contributed by atoms with Crippen molar-refractivity contribution in [3.05, 3.63) is 76.5 Å². The minimum Gasteiger partial charge on any atom is -0.451 e. The maximum absolute atomic E-state index is 13.3. The number of nitrogens with zero attached hydrogens (tertiary/aromatic N) is 4. The molecule has 0 spiro atoms. The predicted molar refractivity (Wildman–Crippen MR) is 119 cm³/mol. The van der Waals surface area contributed by atoms with Crippen molar-refractivity contribution in [2.75, 3.05) is 7.05 Å². The van der Waals surface area contributed by atoms with Crippen molar-refractivity contribution < 1.29 is 9.21 Å². The highest BCUT2D eigenvalue weighted by atomic mass is 35.5. The van der Waals surface area contributed by atoms with Crippen LogP contribution in [0.25, 0.3) is 11.0 Å². The molecule has 2 aromatic heterocycles. The molecule has 154 valence electrons. The number of rotatable bonds is 6. The lowest BCUT2D eigenvalue weighted by Crippen LogP contribution is -2.28. The van der Waals surface area contributed by atoms with Crippen molar-refractivity contribution in [3.8, 4) is 0 Å². The lowest BCUT2D eigenvalue weighted by atomic mass is 10.1. The second kappa shape index (κ2) is 8.53. The zero-order valence-corrected chi connectivity index (χ0v) is 18.5. The molecule has 0 N–H and O–H groups in total. The van der Waals surface area contributed by atoms with Gasteiger partial charge in [0.15, 0.2) is 11.6 Å². The fourth-order valence-corrected chi connectivity index (χ4v) is 4.20. The molecule has 4 rings (SSSR count). The van der Waals surface area contributed by atoms with Gasteiger partial charge in [0.1, 0.15) is 11.4 Å². The van der Waals surface area contributed by atoms with Gasteiger partial charge in [0.2, 0.25) is 0 Å². The van der Waals surface area contributed by atoms with Gasteiger partial charge in [-0.25, -0.2) is 0 Å². The van der Waals surface area contributed by atoms with Crippen LogP contribution in [0, 0.1) is 6.92 Å². The number of halogens is 1. The van der Waals surface area contributed by atoms with Gasteiger partial charge in [0, 0.05) is 40.7 Å². The molecule has 0 saturated carbocycles. The van der Waals surface area contributed by atoms with Crippen molar-refractivity contribution in [2.45, 2.75) is 24.1 Å². The lowest BCUT2D eigenvalue weighted by Gasteiger charge is -2.16. The Labute approximate surface area is 183 Å². The summed E-state index contributed by atoms with van der Waals surface area (Å²) >= 11 is 7.62. The summed E-state index contributed by atoms with van der Waals surface area (Å²) in [7, 11) is 3.63. The number of para-hydroxylation sites is 1. The summed E-state index contributed by atoms with van der Waals surface area (Å²) in [5.74, 6) is 2.31. The molecule has 6 nitrogen and oxygen atoms in total. The molecule has 2 heterocycles. The van der Waals surface area contributed by atoms with E-state index in [-0.39, 0.29) is 5.91 Å². The number of thioether (sulfide) groups is 1. The first-order chi connectivity index (χ1) is 14.4. The molecule has 0 aliphatic rings. The number of carbonyl (C=O) groups excluding carboxylic acids is 1. The zero-order chi connectivity index (χ0) is 21.3. The molecule has 0 aliphatic heterocycles.